The predicted octanol–water partition coefficient (Wildman–Crippen LogP) is 5.38. The van der Waals surface area contributed by atoms with Crippen LogP contribution in [0.3, 0.4) is 0 Å². The average molecular weight is 762 g/mol. The van der Waals surface area contributed by atoms with Crippen molar-refractivity contribution in [2.45, 2.75) is 45.7 Å². The lowest BCUT2D eigenvalue weighted by atomic mass is 9.89. The van der Waals surface area contributed by atoms with Crippen molar-refractivity contribution in [2.75, 3.05) is 51.8 Å². The van der Waals surface area contributed by atoms with Gasteiger partial charge in [0.05, 0.1) is 24.0 Å². The van der Waals surface area contributed by atoms with E-state index < -0.39 is 54.5 Å². The zero-order valence-corrected chi connectivity index (χ0v) is 30.8. The van der Waals surface area contributed by atoms with Crippen LogP contribution in [0.5, 0.6) is 0 Å². The molecule has 0 aliphatic carbocycles. The van der Waals surface area contributed by atoms with Gasteiger partial charge in [-0.1, -0.05) is 42.8 Å². The van der Waals surface area contributed by atoms with Crippen molar-refractivity contribution in [2.24, 2.45) is 11.8 Å². The molecule has 0 saturated carbocycles. The predicted molar refractivity (Wildman–Crippen MR) is 186 cm³/mol. The van der Waals surface area contributed by atoms with Gasteiger partial charge < -0.3 is 4.90 Å². The molecule has 1 atom stereocenters. The molecular weight excluding hydrogens is 719 g/mol. The van der Waals surface area contributed by atoms with Crippen molar-refractivity contribution in [3.8, 4) is 0 Å². The first kappa shape index (κ1) is 41.3. The lowest BCUT2D eigenvalue weighted by Gasteiger charge is -2.36. The standard InChI is InChI=1S/C14H14F3NO4S.C12H22N2O2S.C8H7ClO/c1-23(21,22)18-7-6-12(19)11(8-18)13(20)9-2-4-10(5-3-9)14(15,16)17;1-11-3-7-13(8-4-11)12-5-9-14(10-6-12)17(2,15)16;1-6-2-4-7(5-3-6)8(9)10/h2-5,11H,6-8H2,1H3;5,11H,3-4,6-10H2,1-2H3;2-5H,1H3. The quantitative estimate of drug-likeness (QED) is 0.218. The second kappa shape index (κ2) is 17.4. The van der Waals surface area contributed by atoms with E-state index in [0.717, 1.165) is 65.8 Å². The topological polar surface area (TPSA) is 129 Å². The Balaban J connectivity index is 0.000000219. The molecule has 276 valence electrons. The van der Waals surface area contributed by atoms with Crippen LogP contribution in [-0.2, 0) is 31.0 Å². The molecule has 0 aromatic heterocycles. The molecule has 0 bridgehead atoms. The number of sulfonamides is 2. The largest absolute Gasteiger partial charge is 0.416 e. The van der Waals surface area contributed by atoms with Crippen LogP contribution in [0.2, 0.25) is 0 Å². The van der Waals surface area contributed by atoms with Crippen LogP contribution in [-0.4, -0.2) is 98.9 Å². The number of Topliss-reactive ketones (excluding diaryl/α,β-unsaturated/α-hetero) is 2. The van der Waals surface area contributed by atoms with Gasteiger partial charge in [0, 0.05) is 68.9 Å². The summed E-state index contributed by atoms with van der Waals surface area (Å²) in [6, 6.07) is 10.7. The van der Waals surface area contributed by atoms with Crippen molar-refractivity contribution in [1.29, 1.82) is 0 Å². The number of carbonyl (C=O) groups excluding carboxylic acids is 3. The maximum absolute atomic E-state index is 12.5. The third-order valence-corrected chi connectivity index (χ3v) is 11.5. The molecule has 3 aliphatic rings. The Morgan fingerprint density at radius 3 is 1.78 bits per heavy atom. The Morgan fingerprint density at radius 2 is 1.32 bits per heavy atom. The number of nitrogens with zero attached hydrogens (tertiary/aromatic N) is 3. The molecular formula is C34H43ClF3N3O7S2. The van der Waals surface area contributed by atoms with Crippen LogP contribution in [0.25, 0.3) is 0 Å². The number of aryl methyl sites for hydroxylation is 1. The Labute approximate surface area is 297 Å². The highest BCUT2D eigenvalue weighted by Crippen LogP contribution is 2.30. The van der Waals surface area contributed by atoms with Gasteiger partial charge in [0.25, 0.3) is 5.24 Å². The molecule has 2 aromatic rings. The maximum atomic E-state index is 12.5. The third-order valence-electron chi connectivity index (χ3n) is 8.75. The number of rotatable bonds is 6. The zero-order valence-electron chi connectivity index (χ0n) is 28.4. The fourth-order valence-corrected chi connectivity index (χ4v) is 7.31. The lowest BCUT2D eigenvalue weighted by molar-refractivity contribution is -0.137. The van der Waals surface area contributed by atoms with Crippen molar-refractivity contribution < 1.29 is 44.4 Å². The average Bonchev–Trinajstić information content (AvgIpc) is 3.05. The van der Waals surface area contributed by atoms with Crippen molar-refractivity contribution in [3.63, 3.8) is 0 Å². The van der Waals surface area contributed by atoms with Gasteiger partial charge in [-0.25, -0.2) is 21.1 Å². The van der Waals surface area contributed by atoms with Gasteiger partial charge >= 0.3 is 6.18 Å². The number of ketones is 2. The Kier molecular flexibility index (Phi) is 14.4. The second-order valence-electron chi connectivity index (χ2n) is 12.7. The number of hydrogen-bond acceptors (Lipinski definition) is 8. The Morgan fingerprint density at radius 1 is 0.800 bits per heavy atom. The van der Waals surface area contributed by atoms with E-state index in [4.69, 9.17) is 11.6 Å². The van der Waals surface area contributed by atoms with Crippen LogP contribution in [0.1, 0.15) is 64.4 Å². The first-order valence-electron chi connectivity index (χ1n) is 16.0. The summed E-state index contributed by atoms with van der Waals surface area (Å²) >= 11 is 5.22. The number of alkyl halides is 3. The lowest BCUT2D eigenvalue weighted by Crippen LogP contribution is -2.46. The Bertz CT molecular complexity index is 1760. The van der Waals surface area contributed by atoms with Gasteiger partial charge in [-0.2, -0.15) is 17.5 Å². The third kappa shape index (κ3) is 12.3. The van der Waals surface area contributed by atoms with Crippen LogP contribution in [0, 0.1) is 18.8 Å². The summed E-state index contributed by atoms with van der Waals surface area (Å²) in [6.07, 6.45) is 3.11. The molecule has 0 amide bonds. The molecule has 0 radical (unpaired) electrons. The Hall–Kier alpha value is -3.11. The highest BCUT2D eigenvalue weighted by molar-refractivity contribution is 7.88. The minimum Gasteiger partial charge on any atom is -0.375 e. The highest BCUT2D eigenvalue weighted by atomic mass is 35.5. The van der Waals surface area contributed by atoms with Gasteiger partial charge in [0.1, 0.15) is 5.78 Å². The minimum atomic E-state index is -4.52. The molecule has 0 spiro atoms. The molecule has 3 heterocycles. The summed E-state index contributed by atoms with van der Waals surface area (Å²) in [7, 11) is -6.56. The van der Waals surface area contributed by atoms with Crippen molar-refractivity contribution in [1.82, 2.24) is 13.5 Å². The second-order valence-corrected chi connectivity index (χ2v) is 17.0. The zero-order chi connectivity index (χ0) is 37.4. The van der Waals surface area contributed by atoms with Crippen LogP contribution < -0.4 is 0 Å². The van der Waals surface area contributed by atoms with E-state index in [1.54, 1.807) is 16.4 Å². The van der Waals surface area contributed by atoms with Gasteiger partial charge in [0.15, 0.2) is 5.78 Å². The first-order valence-corrected chi connectivity index (χ1v) is 20.1. The van der Waals surface area contributed by atoms with E-state index in [2.05, 4.69) is 17.9 Å². The molecule has 5 rings (SSSR count). The highest BCUT2D eigenvalue weighted by Gasteiger charge is 2.37. The van der Waals surface area contributed by atoms with Gasteiger partial charge in [-0.05, 0) is 61.5 Å². The molecule has 10 nitrogen and oxygen atoms in total. The summed E-state index contributed by atoms with van der Waals surface area (Å²) in [5, 5.41) is -0.403. The molecule has 2 saturated heterocycles. The van der Waals surface area contributed by atoms with Gasteiger partial charge in [-0.3, -0.25) is 14.4 Å². The number of piperidine rings is 2. The molecule has 2 fully saturated rings. The van der Waals surface area contributed by atoms with Crippen LogP contribution >= 0.6 is 11.6 Å². The van der Waals surface area contributed by atoms with Crippen LogP contribution in [0.15, 0.2) is 60.3 Å². The molecule has 50 heavy (non-hydrogen) atoms. The van der Waals surface area contributed by atoms with Crippen molar-refractivity contribution in [3.05, 3.63) is 82.6 Å². The van der Waals surface area contributed by atoms with E-state index in [-0.39, 0.29) is 25.1 Å². The number of hydrogen-bond donors (Lipinski definition) is 0. The number of benzene rings is 2. The van der Waals surface area contributed by atoms with E-state index in [0.29, 0.717) is 18.7 Å². The minimum absolute atomic E-state index is 0.00839. The molecule has 2 aromatic carbocycles. The summed E-state index contributed by atoms with van der Waals surface area (Å²) < 4.78 is 85.9. The monoisotopic (exact) mass is 761 g/mol. The summed E-state index contributed by atoms with van der Waals surface area (Å²) in [5.74, 6) is -1.43. The van der Waals surface area contributed by atoms with E-state index in [9.17, 15) is 44.4 Å². The fourth-order valence-electron chi connectivity index (χ4n) is 5.57. The van der Waals surface area contributed by atoms with Crippen molar-refractivity contribution >= 4 is 48.5 Å². The van der Waals surface area contributed by atoms with E-state index in [1.165, 1.54) is 24.8 Å². The van der Waals surface area contributed by atoms with Gasteiger partial charge in [0.2, 0.25) is 20.0 Å². The summed E-state index contributed by atoms with van der Waals surface area (Å²) in [6.45, 7) is 7.43. The molecule has 16 heteroatoms. The molecule has 1 unspecified atom stereocenters. The maximum Gasteiger partial charge on any atom is 0.416 e. The van der Waals surface area contributed by atoms with Gasteiger partial charge in [-0.15, -0.1) is 0 Å². The van der Waals surface area contributed by atoms with Crippen LogP contribution in [0.4, 0.5) is 13.2 Å². The SMILES string of the molecule is CC1CCN(C2=CCN(S(C)(=O)=O)CC2)CC1.CS(=O)(=O)N1CCC(=O)C(C(=O)c2ccc(C(F)(F)F)cc2)C1.Cc1ccc(C(=O)Cl)cc1. The molecule has 3 aliphatic heterocycles. The van der Waals surface area contributed by atoms with E-state index in [1.807, 2.05) is 19.1 Å². The number of carbonyl (C=O) groups is 3. The summed E-state index contributed by atoms with van der Waals surface area (Å²) in [5.41, 5.74) is 2.07. The fraction of sp³-hybridized carbons (Fsp3) is 0.500. The summed E-state index contributed by atoms with van der Waals surface area (Å²) in [4.78, 5) is 37.2. The normalized spacial score (nSPS) is 19.8. The first-order chi connectivity index (χ1) is 23.2. The smallest absolute Gasteiger partial charge is 0.375 e. The number of halogens is 4. The molecule has 0 N–H and O–H groups in total. The number of likely N-dealkylation sites (tertiary alicyclic amines) is 1. The van der Waals surface area contributed by atoms with E-state index >= 15 is 0 Å².